The van der Waals surface area contributed by atoms with E-state index in [-0.39, 0.29) is 0 Å². The van der Waals surface area contributed by atoms with Crippen molar-refractivity contribution in [2.75, 3.05) is 13.1 Å². The molecule has 0 saturated carbocycles. The summed E-state index contributed by atoms with van der Waals surface area (Å²) in [5.74, 6) is 1.04. The Bertz CT molecular complexity index is 341. The lowest BCUT2D eigenvalue weighted by Crippen LogP contribution is -2.29. The fourth-order valence-corrected chi connectivity index (χ4v) is 2.20. The Kier molecular flexibility index (Phi) is 3.83. The summed E-state index contributed by atoms with van der Waals surface area (Å²) in [6, 6.07) is 6.39. The van der Waals surface area contributed by atoms with Crippen LogP contribution in [0.3, 0.4) is 0 Å². The van der Waals surface area contributed by atoms with Crippen molar-refractivity contribution < 1.29 is 4.74 Å². The molecule has 16 heavy (non-hydrogen) atoms. The molecule has 0 spiro atoms. The zero-order chi connectivity index (χ0) is 11.4. The first kappa shape index (κ1) is 11.5. The lowest BCUT2D eigenvalue weighted by atomic mass is 10.1. The van der Waals surface area contributed by atoms with Crippen molar-refractivity contribution in [3.63, 3.8) is 0 Å². The summed E-state index contributed by atoms with van der Waals surface area (Å²) in [4.78, 5) is 0. The Labute approximate surface area is 98.0 Å². The molecular weight excluding hydrogens is 198 g/mol. The summed E-state index contributed by atoms with van der Waals surface area (Å²) in [5.41, 5.74) is 2.54. The van der Waals surface area contributed by atoms with Gasteiger partial charge in [-0.3, -0.25) is 0 Å². The van der Waals surface area contributed by atoms with Gasteiger partial charge in [0.2, 0.25) is 0 Å². The van der Waals surface area contributed by atoms with Crippen molar-refractivity contribution in [1.82, 2.24) is 5.32 Å². The summed E-state index contributed by atoms with van der Waals surface area (Å²) in [6.07, 6.45) is 4.04. The molecule has 1 atom stereocenters. The predicted molar refractivity (Wildman–Crippen MR) is 67.1 cm³/mol. The van der Waals surface area contributed by atoms with Crippen molar-refractivity contribution in [2.45, 2.75) is 39.2 Å². The second-order valence-corrected chi connectivity index (χ2v) is 4.71. The van der Waals surface area contributed by atoms with E-state index in [1.807, 2.05) is 0 Å². The maximum Gasteiger partial charge on any atom is 0.122 e. The second kappa shape index (κ2) is 5.35. The van der Waals surface area contributed by atoms with Gasteiger partial charge < -0.3 is 10.1 Å². The van der Waals surface area contributed by atoms with E-state index in [0.717, 1.165) is 18.8 Å². The number of hydrogen-bond acceptors (Lipinski definition) is 2. The quantitative estimate of drug-likeness (QED) is 0.826. The number of nitrogens with one attached hydrogen (secondary N) is 1. The van der Waals surface area contributed by atoms with Crippen molar-refractivity contribution in [1.29, 1.82) is 0 Å². The van der Waals surface area contributed by atoms with E-state index >= 15 is 0 Å². The molecule has 0 bridgehead atoms. The topological polar surface area (TPSA) is 21.3 Å². The first-order valence-corrected chi connectivity index (χ1v) is 6.20. The van der Waals surface area contributed by atoms with E-state index in [4.69, 9.17) is 4.74 Å². The normalized spacial score (nSPS) is 21.5. The van der Waals surface area contributed by atoms with Gasteiger partial charge in [0, 0.05) is 6.54 Å². The third-order valence-corrected chi connectivity index (χ3v) is 3.13. The molecule has 88 valence electrons. The Morgan fingerprint density at radius 2 is 2.12 bits per heavy atom. The maximum absolute atomic E-state index is 6.06. The van der Waals surface area contributed by atoms with Gasteiger partial charge in [0.25, 0.3) is 0 Å². The van der Waals surface area contributed by atoms with E-state index in [1.54, 1.807) is 0 Å². The standard InChI is InChI=1S/C14H21NO/c1-11-6-7-14(12(2)9-11)16-13-5-3-4-8-15-10-13/h6-7,9,13,15H,3-5,8,10H2,1-2H3. The van der Waals surface area contributed by atoms with Gasteiger partial charge >= 0.3 is 0 Å². The van der Waals surface area contributed by atoms with Crippen LogP contribution >= 0.6 is 0 Å². The number of aryl methyl sites for hydroxylation is 2. The molecule has 1 aliphatic heterocycles. The third-order valence-electron chi connectivity index (χ3n) is 3.13. The van der Waals surface area contributed by atoms with E-state index in [9.17, 15) is 0 Å². The fraction of sp³-hybridized carbons (Fsp3) is 0.571. The van der Waals surface area contributed by atoms with Gasteiger partial charge in [-0.1, -0.05) is 17.7 Å². The average Bonchev–Trinajstić information content (AvgIpc) is 2.51. The molecule has 0 amide bonds. The minimum absolute atomic E-state index is 0.337. The van der Waals surface area contributed by atoms with Crippen LogP contribution < -0.4 is 10.1 Å². The molecule has 2 heteroatoms. The first-order chi connectivity index (χ1) is 7.75. The Balaban J connectivity index is 2.01. The third kappa shape index (κ3) is 2.99. The van der Waals surface area contributed by atoms with Crippen LogP contribution in [0.2, 0.25) is 0 Å². The smallest absolute Gasteiger partial charge is 0.122 e. The van der Waals surface area contributed by atoms with Gasteiger partial charge in [0.05, 0.1) is 0 Å². The van der Waals surface area contributed by atoms with Crippen LogP contribution in [0, 0.1) is 13.8 Å². The monoisotopic (exact) mass is 219 g/mol. The highest BCUT2D eigenvalue weighted by molar-refractivity contribution is 5.35. The van der Waals surface area contributed by atoms with Crippen LogP contribution in [0.1, 0.15) is 30.4 Å². The number of rotatable bonds is 2. The molecule has 0 radical (unpaired) electrons. The molecular formula is C14H21NO. The van der Waals surface area contributed by atoms with Crippen molar-refractivity contribution in [2.24, 2.45) is 0 Å². The lowest BCUT2D eigenvalue weighted by molar-refractivity contribution is 0.193. The summed E-state index contributed by atoms with van der Waals surface area (Å²) in [7, 11) is 0. The summed E-state index contributed by atoms with van der Waals surface area (Å²) < 4.78 is 6.06. The zero-order valence-electron chi connectivity index (χ0n) is 10.3. The number of ether oxygens (including phenoxy) is 1. The molecule has 2 rings (SSSR count). The van der Waals surface area contributed by atoms with Crippen LogP contribution in [-0.2, 0) is 0 Å². The Morgan fingerprint density at radius 3 is 2.94 bits per heavy atom. The summed E-state index contributed by atoms with van der Waals surface area (Å²) in [6.45, 7) is 6.34. The van der Waals surface area contributed by atoms with Gasteiger partial charge in [-0.2, -0.15) is 0 Å². The molecule has 0 aromatic heterocycles. The predicted octanol–water partition coefficient (Wildman–Crippen LogP) is 2.82. The van der Waals surface area contributed by atoms with Crippen LogP contribution in [0.5, 0.6) is 5.75 Å². The van der Waals surface area contributed by atoms with Gasteiger partial charge in [-0.15, -0.1) is 0 Å². The highest BCUT2D eigenvalue weighted by atomic mass is 16.5. The summed E-state index contributed by atoms with van der Waals surface area (Å²) >= 11 is 0. The highest BCUT2D eigenvalue weighted by Crippen LogP contribution is 2.21. The molecule has 2 nitrogen and oxygen atoms in total. The fourth-order valence-electron chi connectivity index (χ4n) is 2.20. The average molecular weight is 219 g/mol. The van der Waals surface area contributed by atoms with E-state index < -0.39 is 0 Å². The molecule has 1 saturated heterocycles. The SMILES string of the molecule is Cc1ccc(OC2CCCCNC2)c(C)c1. The largest absolute Gasteiger partial charge is 0.489 e. The molecule has 1 unspecified atom stereocenters. The molecule has 1 aromatic rings. The number of benzene rings is 1. The molecule has 0 aliphatic carbocycles. The highest BCUT2D eigenvalue weighted by Gasteiger charge is 2.13. The van der Waals surface area contributed by atoms with Gasteiger partial charge in [0.1, 0.15) is 11.9 Å². The first-order valence-electron chi connectivity index (χ1n) is 6.20. The van der Waals surface area contributed by atoms with E-state index in [0.29, 0.717) is 6.10 Å². The van der Waals surface area contributed by atoms with Gasteiger partial charge in [-0.05, 0) is 51.3 Å². The second-order valence-electron chi connectivity index (χ2n) is 4.71. The van der Waals surface area contributed by atoms with Crippen LogP contribution in [-0.4, -0.2) is 19.2 Å². The van der Waals surface area contributed by atoms with E-state index in [2.05, 4.69) is 37.4 Å². The molecule has 1 aliphatic rings. The Hall–Kier alpha value is -1.02. The lowest BCUT2D eigenvalue weighted by Gasteiger charge is -2.18. The minimum Gasteiger partial charge on any atom is -0.489 e. The summed E-state index contributed by atoms with van der Waals surface area (Å²) in [5, 5.41) is 3.42. The van der Waals surface area contributed by atoms with Crippen LogP contribution in [0.4, 0.5) is 0 Å². The van der Waals surface area contributed by atoms with Gasteiger partial charge in [-0.25, -0.2) is 0 Å². The molecule has 1 aromatic carbocycles. The maximum atomic E-state index is 6.06. The molecule has 1 fully saturated rings. The van der Waals surface area contributed by atoms with Crippen LogP contribution in [0.15, 0.2) is 18.2 Å². The van der Waals surface area contributed by atoms with Crippen molar-refractivity contribution in [3.8, 4) is 5.75 Å². The van der Waals surface area contributed by atoms with E-state index in [1.165, 1.54) is 30.4 Å². The van der Waals surface area contributed by atoms with Crippen molar-refractivity contribution >= 4 is 0 Å². The Morgan fingerprint density at radius 1 is 1.25 bits per heavy atom. The van der Waals surface area contributed by atoms with Gasteiger partial charge in [0.15, 0.2) is 0 Å². The molecule has 1 N–H and O–H groups in total. The zero-order valence-corrected chi connectivity index (χ0v) is 10.3. The van der Waals surface area contributed by atoms with Crippen molar-refractivity contribution in [3.05, 3.63) is 29.3 Å². The number of hydrogen-bond donors (Lipinski definition) is 1. The minimum atomic E-state index is 0.337. The molecule has 1 heterocycles. The van der Waals surface area contributed by atoms with Crippen LogP contribution in [0.25, 0.3) is 0 Å².